The first-order valence-corrected chi connectivity index (χ1v) is 7.01. The number of rotatable bonds is 6. The summed E-state index contributed by atoms with van der Waals surface area (Å²) in [5, 5.41) is 14.0. The monoisotopic (exact) mass is 294 g/mol. The number of alkyl halides is 1. The standard InChI is InChI=1S/C15H19FN2O3/c16-15(6-1-7-15)8-9-17-14(21)18-10-11-2-4-12(5-3-11)13(19)20/h2-5H,1,6-10H2,(H,19,20)(H2,17,18,21). The van der Waals surface area contributed by atoms with E-state index in [2.05, 4.69) is 10.6 Å². The van der Waals surface area contributed by atoms with Crippen LogP contribution in [0.5, 0.6) is 0 Å². The smallest absolute Gasteiger partial charge is 0.335 e. The molecule has 0 atom stereocenters. The topological polar surface area (TPSA) is 78.4 Å². The van der Waals surface area contributed by atoms with Gasteiger partial charge in [-0.15, -0.1) is 0 Å². The van der Waals surface area contributed by atoms with Gasteiger partial charge in [0.25, 0.3) is 0 Å². The van der Waals surface area contributed by atoms with Crippen LogP contribution in [0.15, 0.2) is 24.3 Å². The van der Waals surface area contributed by atoms with E-state index in [0.717, 1.165) is 12.0 Å². The molecule has 2 amide bonds. The zero-order chi connectivity index (χ0) is 15.3. The summed E-state index contributed by atoms with van der Waals surface area (Å²) in [7, 11) is 0. The molecular weight excluding hydrogens is 275 g/mol. The van der Waals surface area contributed by atoms with Gasteiger partial charge in [0.2, 0.25) is 0 Å². The molecule has 5 nitrogen and oxygen atoms in total. The molecule has 1 aliphatic carbocycles. The molecule has 0 heterocycles. The Labute approximate surface area is 122 Å². The van der Waals surface area contributed by atoms with Gasteiger partial charge in [-0.1, -0.05) is 12.1 Å². The van der Waals surface area contributed by atoms with E-state index in [1.54, 1.807) is 12.1 Å². The molecule has 2 rings (SSSR count). The fraction of sp³-hybridized carbons (Fsp3) is 0.467. The van der Waals surface area contributed by atoms with Crippen molar-refractivity contribution in [2.24, 2.45) is 0 Å². The van der Waals surface area contributed by atoms with Gasteiger partial charge in [0, 0.05) is 13.1 Å². The molecule has 114 valence electrons. The number of carboxylic acids is 1. The number of halogens is 1. The fourth-order valence-electron chi connectivity index (χ4n) is 2.22. The Kier molecular flexibility index (Phi) is 4.77. The van der Waals surface area contributed by atoms with Crippen molar-refractivity contribution in [3.8, 4) is 0 Å². The van der Waals surface area contributed by atoms with E-state index in [-0.39, 0.29) is 11.6 Å². The Bertz CT molecular complexity index is 512. The van der Waals surface area contributed by atoms with Gasteiger partial charge in [-0.05, 0) is 43.4 Å². The number of aromatic carboxylic acids is 1. The average Bonchev–Trinajstić information content (AvgIpc) is 2.43. The second-order valence-electron chi connectivity index (χ2n) is 5.37. The summed E-state index contributed by atoms with van der Waals surface area (Å²) in [5.74, 6) is -0.983. The molecule has 0 aromatic heterocycles. The number of nitrogens with one attached hydrogen (secondary N) is 2. The third-order valence-corrected chi connectivity index (χ3v) is 3.76. The highest BCUT2D eigenvalue weighted by Gasteiger charge is 2.36. The van der Waals surface area contributed by atoms with Crippen molar-refractivity contribution in [2.45, 2.75) is 37.9 Å². The summed E-state index contributed by atoms with van der Waals surface area (Å²) < 4.78 is 13.7. The normalized spacial score (nSPS) is 15.9. The number of carbonyl (C=O) groups excluding carboxylic acids is 1. The van der Waals surface area contributed by atoms with Gasteiger partial charge in [-0.25, -0.2) is 14.0 Å². The number of carbonyl (C=O) groups is 2. The molecule has 1 saturated carbocycles. The van der Waals surface area contributed by atoms with Crippen LogP contribution in [0.2, 0.25) is 0 Å². The number of benzene rings is 1. The van der Waals surface area contributed by atoms with Crippen molar-refractivity contribution in [1.29, 1.82) is 0 Å². The number of hydrogen-bond acceptors (Lipinski definition) is 2. The molecule has 21 heavy (non-hydrogen) atoms. The molecule has 6 heteroatoms. The number of amides is 2. The van der Waals surface area contributed by atoms with Crippen molar-refractivity contribution in [3.05, 3.63) is 35.4 Å². The lowest BCUT2D eigenvalue weighted by molar-refractivity contribution is 0.0549. The highest BCUT2D eigenvalue weighted by molar-refractivity contribution is 5.87. The molecule has 1 aromatic rings. The van der Waals surface area contributed by atoms with Crippen molar-refractivity contribution in [2.75, 3.05) is 6.54 Å². The van der Waals surface area contributed by atoms with Crippen LogP contribution >= 0.6 is 0 Å². The lowest BCUT2D eigenvalue weighted by Gasteiger charge is -2.33. The molecule has 1 aromatic carbocycles. The van der Waals surface area contributed by atoms with Gasteiger partial charge in [0.05, 0.1) is 5.56 Å². The highest BCUT2D eigenvalue weighted by atomic mass is 19.1. The quantitative estimate of drug-likeness (QED) is 0.754. The van der Waals surface area contributed by atoms with E-state index in [1.165, 1.54) is 12.1 Å². The van der Waals surface area contributed by atoms with Crippen molar-refractivity contribution in [3.63, 3.8) is 0 Å². The average molecular weight is 294 g/mol. The van der Waals surface area contributed by atoms with E-state index >= 15 is 0 Å². The van der Waals surface area contributed by atoms with Crippen molar-refractivity contribution in [1.82, 2.24) is 10.6 Å². The largest absolute Gasteiger partial charge is 0.478 e. The van der Waals surface area contributed by atoms with Crippen LogP contribution < -0.4 is 10.6 Å². The first-order chi connectivity index (χ1) is 9.98. The van der Waals surface area contributed by atoms with E-state index in [9.17, 15) is 14.0 Å². The lowest BCUT2D eigenvalue weighted by atomic mass is 9.80. The fourth-order valence-corrected chi connectivity index (χ4v) is 2.22. The van der Waals surface area contributed by atoms with E-state index in [1.807, 2.05) is 0 Å². The Morgan fingerprint density at radius 1 is 1.19 bits per heavy atom. The Morgan fingerprint density at radius 3 is 2.38 bits per heavy atom. The summed E-state index contributed by atoms with van der Waals surface area (Å²) >= 11 is 0. The summed E-state index contributed by atoms with van der Waals surface area (Å²) in [6.07, 6.45) is 2.46. The summed E-state index contributed by atoms with van der Waals surface area (Å²) in [5.41, 5.74) is -0.0759. The first-order valence-electron chi connectivity index (χ1n) is 7.01. The summed E-state index contributed by atoms with van der Waals surface area (Å²) in [4.78, 5) is 22.2. The van der Waals surface area contributed by atoms with Crippen LogP contribution in [-0.2, 0) is 6.54 Å². The molecule has 1 fully saturated rings. The highest BCUT2D eigenvalue weighted by Crippen LogP contribution is 2.38. The zero-order valence-electron chi connectivity index (χ0n) is 11.7. The van der Waals surface area contributed by atoms with Gasteiger partial charge in [-0.3, -0.25) is 0 Å². The van der Waals surface area contributed by atoms with E-state index in [0.29, 0.717) is 32.4 Å². The van der Waals surface area contributed by atoms with Gasteiger partial charge in [-0.2, -0.15) is 0 Å². The minimum Gasteiger partial charge on any atom is -0.478 e. The molecule has 3 N–H and O–H groups in total. The molecule has 0 spiro atoms. The summed E-state index contributed by atoms with van der Waals surface area (Å²) in [6, 6.07) is 5.92. The molecule has 0 saturated heterocycles. The van der Waals surface area contributed by atoms with Crippen molar-refractivity contribution >= 4 is 12.0 Å². The molecule has 1 aliphatic rings. The van der Waals surface area contributed by atoms with Crippen LogP contribution in [0.4, 0.5) is 9.18 Å². The lowest BCUT2D eigenvalue weighted by Crippen LogP contribution is -2.40. The van der Waals surface area contributed by atoms with E-state index in [4.69, 9.17) is 5.11 Å². The Hall–Kier alpha value is -2.11. The minimum atomic E-state index is -1.08. The van der Waals surface area contributed by atoms with Crippen LogP contribution in [-0.4, -0.2) is 29.3 Å². The van der Waals surface area contributed by atoms with Gasteiger partial charge < -0.3 is 15.7 Å². The third-order valence-electron chi connectivity index (χ3n) is 3.76. The number of hydrogen-bond donors (Lipinski definition) is 3. The minimum absolute atomic E-state index is 0.206. The maximum absolute atomic E-state index is 13.7. The molecule has 0 aliphatic heterocycles. The van der Waals surface area contributed by atoms with Crippen LogP contribution in [0.3, 0.4) is 0 Å². The SMILES string of the molecule is O=C(NCCC1(F)CCC1)NCc1ccc(C(=O)O)cc1. The van der Waals surface area contributed by atoms with Crippen LogP contribution in [0.25, 0.3) is 0 Å². The predicted octanol–water partition coefficient (Wildman–Crippen LogP) is 2.47. The van der Waals surface area contributed by atoms with Gasteiger partial charge in [0.1, 0.15) is 5.67 Å². The van der Waals surface area contributed by atoms with Crippen LogP contribution in [0.1, 0.15) is 41.6 Å². The Balaban J connectivity index is 1.67. The maximum Gasteiger partial charge on any atom is 0.335 e. The second-order valence-corrected chi connectivity index (χ2v) is 5.37. The van der Waals surface area contributed by atoms with Gasteiger partial charge in [0.15, 0.2) is 0 Å². The summed E-state index contributed by atoms with van der Waals surface area (Å²) in [6.45, 7) is 0.618. The molecule has 0 radical (unpaired) electrons. The molecular formula is C15H19FN2O3. The second kappa shape index (κ2) is 6.56. The van der Waals surface area contributed by atoms with Crippen molar-refractivity contribution < 1.29 is 19.1 Å². The molecule has 0 unspecified atom stereocenters. The number of urea groups is 1. The van der Waals surface area contributed by atoms with E-state index < -0.39 is 11.6 Å². The first kappa shape index (κ1) is 15.3. The third kappa shape index (κ3) is 4.44. The van der Waals surface area contributed by atoms with Crippen LogP contribution in [0, 0.1) is 0 Å². The van der Waals surface area contributed by atoms with Gasteiger partial charge >= 0.3 is 12.0 Å². The molecule has 0 bridgehead atoms. The zero-order valence-corrected chi connectivity index (χ0v) is 11.7. The number of carboxylic acid groups (broad SMARTS) is 1. The predicted molar refractivity (Wildman–Crippen MR) is 75.9 cm³/mol. The Morgan fingerprint density at radius 2 is 1.86 bits per heavy atom. The maximum atomic E-state index is 13.7.